The predicted molar refractivity (Wildman–Crippen MR) is 149 cm³/mol. The molecule has 3 N–H and O–H groups in total. The van der Waals surface area contributed by atoms with Gasteiger partial charge < -0.3 is 20.9 Å². The van der Waals surface area contributed by atoms with Crippen LogP contribution in [0.5, 0.6) is 0 Å². The van der Waals surface area contributed by atoms with Crippen LogP contribution in [-0.4, -0.2) is 43.3 Å². The van der Waals surface area contributed by atoms with Gasteiger partial charge in [-0.25, -0.2) is 8.78 Å². The van der Waals surface area contributed by atoms with Gasteiger partial charge in [0.1, 0.15) is 6.17 Å². The van der Waals surface area contributed by atoms with Gasteiger partial charge in [-0.2, -0.15) is 0 Å². The highest BCUT2D eigenvalue weighted by Crippen LogP contribution is 2.32. The number of hydrogen-bond acceptors (Lipinski definition) is 5. The molecular formula is C29H37F2N5O. The minimum absolute atomic E-state index is 0.0326. The number of anilines is 2. The molecule has 0 radical (unpaired) electrons. The second-order valence-corrected chi connectivity index (χ2v) is 9.36. The summed E-state index contributed by atoms with van der Waals surface area (Å²) >= 11 is 0. The minimum atomic E-state index is -0.895. The van der Waals surface area contributed by atoms with Crippen LogP contribution in [0.1, 0.15) is 55.1 Å². The fourth-order valence-corrected chi connectivity index (χ4v) is 4.42. The highest BCUT2D eigenvalue weighted by Gasteiger charge is 2.21. The summed E-state index contributed by atoms with van der Waals surface area (Å²) in [5.41, 5.74) is 4.07. The summed E-state index contributed by atoms with van der Waals surface area (Å²) in [6, 6.07) is 8.77. The molecule has 0 saturated heterocycles. The third-order valence-electron chi connectivity index (χ3n) is 6.62. The minimum Gasteiger partial charge on any atom is -0.386 e. The number of amides is 1. The van der Waals surface area contributed by atoms with Gasteiger partial charge in [0.25, 0.3) is 5.91 Å². The van der Waals surface area contributed by atoms with Crippen molar-refractivity contribution in [3.63, 3.8) is 0 Å². The monoisotopic (exact) mass is 509 g/mol. The van der Waals surface area contributed by atoms with Gasteiger partial charge in [0.2, 0.25) is 0 Å². The first-order chi connectivity index (χ1) is 17.7. The molecule has 0 bridgehead atoms. The first kappa shape index (κ1) is 27.9. The number of carbonyl (C=O) groups excluding carboxylic acids is 1. The van der Waals surface area contributed by atoms with Crippen molar-refractivity contribution in [1.82, 2.24) is 10.2 Å². The van der Waals surface area contributed by atoms with Crippen LogP contribution in [-0.2, 0) is 0 Å². The molecule has 1 amide bonds. The van der Waals surface area contributed by atoms with Crippen molar-refractivity contribution in [3.05, 3.63) is 77.1 Å². The average Bonchev–Trinajstić information content (AvgIpc) is 2.89. The number of nitrogens with one attached hydrogen (secondary N) is 3. The van der Waals surface area contributed by atoms with E-state index in [1.165, 1.54) is 0 Å². The van der Waals surface area contributed by atoms with E-state index in [1.54, 1.807) is 25.4 Å². The lowest BCUT2D eigenvalue weighted by molar-refractivity contribution is 0.0955. The standard InChI is InChI=1S/C29H37F2N5O/c1-7-33-29(37)22-12-11-21(16-19(22)3)35-28-20(4)34-17-24(18(2)10-8-9-15-36(28)6)23-13-14-25(32-5)27(31)26(23)30/h9,11-18,28,32,35H,7-8,10H2,1-6H3,(H,33,37)/b15-9-,24-17+,34-20+. The molecule has 1 aliphatic heterocycles. The van der Waals surface area contributed by atoms with Crippen molar-refractivity contribution in [2.75, 3.05) is 31.3 Å². The maximum Gasteiger partial charge on any atom is 0.251 e. The predicted octanol–water partition coefficient (Wildman–Crippen LogP) is 6.18. The molecule has 1 aliphatic rings. The lowest BCUT2D eigenvalue weighted by atomic mass is 9.90. The van der Waals surface area contributed by atoms with Gasteiger partial charge in [0.05, 0.1) is 11.4 Å². The Kier molecular flexibility index (Phi) is 9.44. The average molecular weight is 510 g/mol. The quantitative estimate of drug-likeness (QED) is 0.435. The summed E-state index contributed by atoms with van der Waals surface area (Å²) < 4.78 is 29.6. The van der Waals surface area contributed by atoms with Gasteiger partial charge in [0, 0.05) is 43.7 Å². The second kappa shape index (κ2) is 12.5. The summed E-state index contributed by atoms with van der Waals surface area (Å²) in [6.07, 6.45) is 6.98. The largest absolute Gasteiger partial charge is 0.386 e. The second-order valence-electron chi connectivity index (χ2n) is 9.36. The van der Waals surface area contributed by atoms with Crippen LogP contribution >= 0.6 is 0 Å². The van der Waals surface area contributed by atoms with Gasteiger partial charge in [-0.15, -0.1) is 0 Å². The van der Waals surface area contributed by atoms with Crippen LogP contribution in [0.3, 0.4) is 0 Å². The van der Waals surface area contributed by atoms with Crippen LogP contribution in [0.15, 0.2) is 53.8 Å². The highest BCUT2D eigenvalue weighted by molar-refractivity contribution is 5.96. The Balaban J connectivity index is 1.99. The lowest BCUT2D eigenvalue weighted by Crippen LogP contribution is -2.40. The van der Waals surface area contributed by atoms with Crippen molar-refractivity contribution in [1.29, 1.82) is 0 Å². The van der Waals surface area contributed by atoms with E-state index in [2.05, 4.69) is 22.0 Å². The molecule has 0 aliphatic carbocycles. The molecule has 198 valence electrons. The number of rotatable bonds is 6. The molecule has 0 spiro atoms. The Labute approximate surface area is 218 Å². The molecule has 2 unspecified atom stereocenters. The zero-order valence-corrected chi connectivity index (χ0v) is 22.5. The van der Waals surface area contributed by atoms with E-state index in [1.807, 2.05) is 64.0 Å². The summed E-state index contributed by atoms with van der Waals surface area (Å²) in [5, 5.41) is 9.01. The van der Waals surface area contributed by atoms with E-state index in [0.29, 0.717) is 17.7 Å². The maximum absolute atomic E-state index is 15.0. The molecule has 37 heavy (non-hydrogen) atoms. The molecule has 3 rings (SSSR count). The van der Waals surface area contributed by atoms with Gasteiger partial charge in [-0.1, -0.05) is 13.0 Å². The van der Waals surface area contributed by atoms with E-state index in [0.717, 1.165) is 29.8 Å². The SMILES string of the molecule is CCNC(=O)c1ccc(NC2/C(C)=N/C=C(/c3ccc(NC)c(F)c3F)C(C)CC/C=C\N2C)cc1C. The number of aliphatic imine (C=N–C) groups is 1. The number of allylic oxidation sites excluding steroid dienone is 2. The highest BCUT2D eigenvalue weighted by atomic mass is 19.2. The topological polar surface area (TPSA) is 68.8 Å². The number of hydrogen-bond donors (Lipinski definition) is 3. The van der Waals surface area contributed by atoms with Crippen molar-refractivity contribution in [2.45, 2.75) is 46.7 Å². The van der Waals surface area contributed by atoms with E-state index in [4.69, 9.17) is 4.99 Å². The number of halogens is 2. The molecule has 2 aromatic rings. The summed E-state index contributed by atoms with van der Waals surface area (Å²) in [6.45, 7) is 8.26. The van der Waals surface area contributed by atoms with Crippen LogP contribution in [0.25, 0.3) is 5.57 Å². The Bertz CT molecular complexity index is 1220. The third-order valence-corrected chi connectivity index (χ3v) is 6.62. The molecule has 8 heteroatoms. The molecule has 2 atom stereocenters. The molecule has 0 saturated carbocycles. The molecule has 1 heterocycles. The Morgan fingerprint density at radius 3 is 2.59 bits per heavy atom. The Morgan fingerprint density at radius 1 is 1.16 bits per heavy atom. The summed E-state index contributed by atoms with van der Waals surface area (Å²) in [4.78, 5) is 19.0. The molecule has 2 aromatic carbocycles. The smallest absolute Gasteiger partial charge is 0.251 e. The van der Waals surface area contributed by atoms with E-state index in [-0.39, 0.29) is 29.2 Å². The van der Waals surface area contributed by atoms with Gasteiger partial charge in [-0.3, -0.25) is 9.79 Å². The van der Waals surface area contributed by atoms with Crippen molar-refractivity contribution >= 4 is 28.6 Å². The van der Waals surface area contributed by atoms with Gasteiger partial charge >= 0.3 is 0 Å². The summed E-state index contributed by atoms with van der Waals surface area (Å²) in [7, 11) is 3.52. The Morgan fingerprint density at radius 2 is 1.92 bits per heavy atom. The molecule has 0 fully saturated rings. The molecular weight excluding hydrogens is 472 g/mol. The number of benzene rings is 2. The normalized spacial score (nSPS) is 22.1. The Hall–Kier alpha value is -3.68. The van der Waals surface area contributed by atoms with Crippen molar-refractivity contribution in [3.8, 4) is 0 Å². The number of carbonyl (C=O) groups is 1. The zero-order chi connectivity index (χ0) is 27.1. The van der Waals surface area contributed by atoms with Crippen LogP contribution in [0.4, 0.5) is 20.2 Å². The summed E-state index contributed by atoms with van der Waals surface area (Å²) in [5.74, 6) is -1.90. The fraction of sp³-hybridized carbons (Fsp3) is 0.379. The maximum atomic E-state index is 15.0. The van der Waals surface area contributed by atoms with Crippen LogP contribution < -0.4 is 16.0 Å². The van der Waals surface area contributed by atoms with Crippen LogP contribution in [0.2, 0.25) is 0 Å². The number of aryl methyl sites for hydroxylation is 1. The van der Waals surface area contributed by atoms with E-state index in [9.17, 15) is 9.18 Å². The zero-order valence-electron chi connectivity index (χ0n) is 22.5. The molecule has 0 aromatic heterocycles. The third kappa shape index (κ3) is 6.56. The van der Waals surface area contributed by atoms with Gasteiger partial charge in [0.15, 0.2) is 11.6 Å². The van der Waals surface area contributed by atoms with Crippen molar-refractivity contribution in [2.24, 2.45) is 10.9 Å². The number of nitrogens with zero attached hydrogens (tertiary/aromatic N) is 2. The first-order valence-electron chi connectivity index (χ1n) is 12.6. The van der Waals surface area contributed by atoms with E-state index >= 15 is 4.39 Å². The van der Waals surface area contributed by atoms with Crippen molar-refractivity contribution < 1.29 is 13.6 Å². The fourth-order valence-electron chi connectivity index (χ4n) is 4.42. The van der Waals surface area contributed by atoms with Crippen LogP contribution in [0, 0.1) is 24.5 Å². The first-order valence-corrected chi connectivity index (χ1v) is 12.6. The van der Waals surface area contributed by atoms with Gasteiger partial charge in [-0.05, 0) is 87.2 Å². The lowest BCUT2D eigenvalue weighted by Gasteiger charge is -2.29. The van der Waals surface area contributed by atoms with E-state index < -0.39 is 11.6 Å². The molecule has 6 nitrogen and oxygen atoms in total.